The Hall–Kier alpha value is -14.9. The van der Waals surface area contributed by atoms with Crippen LogP contribution in [0, 0.1) is 0 Å². The number of fused-ring (bicyclic) bond motifs is 16. The summed E-state index contributed by atoms with van der Waals surface area (Å²) in [5.41, 5.74) is 30.0. The molecule has 4 aliphatic heterocycles. The molecule has 0 saturated carbocycles. The normalized spacial score (nSPS) is 12.0. The number of hydrogen-bond donors (Lipinski definition) is 6. The van der Waals surface area contributed by atoms with E-state index in [0.29, 0.717) is 22.5 Å². The van der Waals surface area contributed by atoms with Gasteiger partial charge in [-0.1, -0.05) is 212 Å². The summed E-state index contributed by atoms with van der Waals surface area (Å²) < 4.78 is 0. The van der Waals surface area contributed by atoms with Gasteiger partial charge >= 0.3 is 0 Å². The minimum atomic E-state index is -0.392. The van der Waals surface area contributed by atoms with Gasteiger partial charge in [0.15, 0.2) is 0 Å². The molecule has 0 saturated heterocycles. The van der Waals surface area contributed by atoms with E-state index >= 15 is 0 Å². The Morgan fingerprint density at radius 2 is 0.398 bits per heavy atom. The van der Waals surface area contributed by atoms with Gasteiger partial charge in [0.05, 0.1) is 45.6 Å². The Morgan fingerprint density at radius 3 is 0.620 bits per heavy atom. The first kappa shape index (κ1) is 64.0. The number of hydrogen-bond acceptors (Lipinski definition) is 6. The molecule has 0 aliphatic carbocycles. The minimum Gasteiger partial charge on any atom is -0.354 e. The van der Waals surface area contributed by atoms with E-state index in [-0.39, 0.29) is 0 Å². The molecule has 6 N–H and O–H groups in total. The fourth-order valence-electron chi connectivity index (χ4n) is 15.2. The molecular weight excluding hydrogens is 1330 g/mol. The molecule has 19 rings (SSSR count). The number of aromatic amines is 4. The van der Waals surface area contributed by atoms with Crippen molar-refractivity contribution in [3.8, 4) is 89.0 Å². The molecule has 15 aromatic rings. The number of nitrogens with one attached hydrogen (secondary N) is 6. The predicted molar refractivity (Wildman–Crippen MR) is 444 cm³/mol. The topological polar surface area (TPSA) is 173 Å². The number of rotatable bonds is 12. The molecule has 2 amide bonds. The van der Waals surface area contributed by atoms with Gasteiger partial charge in [-0.25, -0.2) is 19.9 Å². The number of benzene rings is 9. The zero-order valence-corrected chi connectivity index (χ0v) is 58.1. The Labute approximate surface area is 621 Å². The van der Waals surface area contributed by atoms with Crippen LogP contribution in [-0.2, 0) is 0 Å². The van der Waals surface area contributed by atoms with Crippen molar-refractivity contribution in [2.75, 3.05) is 10.6 Å². The monoisotopic (exact) mass is 1390 g/mol. The summed E-state index contributed by atoms with van der Waals surface area (Å²) in [6, 6.07) is 101. The molecule has 12 nitrogen and oxygen atoms in total. The lowest BCUT2D eigenvalue weighted by atomic mass is 10.0. The molecule has 16 bridgehead atoms. The van der Waals surface area contributed by atoms with Crippen LogP contribution in [0.1, 0.15) is 66.3 Å². The first-order valence-electron chi connectivity index (χ1n) is 35.9. The first-order valence-corrected chi connectivity index (χ1v) is 35.9. The van der Waals surface area contributed by atoms with Crippen molar-refractivity contribution in [3.63, 3.8) is 0 Å². The second-order valence-corrected chi connectivity index (χ2v) is 26.9. The number of H-pyrrole nitrogens is 4. The van der Waals surface area contributed by atoms with Crippen LogP contribution >= 0.6 is 0 Å². The van der Waals surface area contributed by atoms with Crippen LogP contribution in [0.25, 0.3) is 182 Å². The predicted octanol–water partition coefficient (Wildman–Crippen LogP) is 23.5. The smallest absolute Gasteiger partial charge is 0.255 e. The molecule has 0 fully saturated rings. The maximum Gasteiger partial charge on any atom is 0.255 e. The number of carbonyl (C=O) groups excluding carboxylic acids is 2. The lowest BCUT2D eigenvalue weighted by Crippen LogP contribution is -2.15. The summed E-state index contributed by atoms with van der Waals surface area (Å²) in [7, 11) is 0. The Balaban J connectivity index is 0.681. The van der Waals surface area contributed by atoms with Crippen LogP contribution in [0.15, 0.2) is 303 Å². The van der Waals surface area contributed by atoms with Gasteiger partial charge in [-0.3, -0.25) is 9.59 Å². The summed E-state index contributed by atoms with van der Waals surface area (Å²) in [6.07, 6.45) is 16.7. The highest BCUT2D eigenvalue weighted by Crippen LogP contribution is 2.43. The average molecular weight is 1390 g/mol. The highest BCUT2D eigenvalue weighted by Gasteiger charge is 2.24. The first-order chi connectivity index (χ1) is 53.3. The molecule has 9 aromatic carbocycles. The molecule has 510 valence electrons. The summed E-state index contributed by atoms with van der Waals surface area (Å²) in [5, 5.41) is 6.36. The summed E-state index contributed by atoms with van der Waals surface area (Å²) in [6.45, 7) is 0. The van der Waals surface area contributed by atoms with Crippen molar-refractivity contribution in [3.05, 3.63) is 360 Å². The number of nitrogens with zero attached hydrogens (tertiary/aromatic N) is 4. The number of amides is 2. The van der Waals surface area contributed by atoms with E-state index in [2.05, 4.69) is 225 Å². The molecule has 0 unspecified atom stereocenters. The highest BCUT2D eigenvalue weighted by molar-refractivity contribution is 6.10. The van der Waals surface area contributed by atoms with Crippen LogP contribution < -0.4 is 10.6 Å². The Kier molecular flexibility index (Phi) is 16.2. The third kappa shape index (κ3) is 12.1. The van der Waals surface area contributed by atoms with Gasteiger partial charge in [0.1, 0.15) is 0 Å². The SMILES string of the molecule is O=C(Nc1cccc(-c2c3nc(c(-c4ccccc4)c4ccc([nH]4)c(-c4ccccc4)c4nc(c(-c5ccccc5)c5ccc2[nH]5)C=C4)C=C3)c1)c1cccc(C(=O)Nc2cccc(-c3c4nc(c(-c5ccccc5)c5ccc([nH]5)c(-c5ccccc5)c5nc(c(-c6ccccc6)c6ccc3[nH]6)C=C5)C=C4)c2)c1. The van der Waals surface area contributed by atoms with Gasteiger partial charge in [-0.15, -0.1) is 0 Å². The standard InChI is InChI=1S/C96H64N10O2/c107-95(97-69-38-20-34-65(57-69)93-83-52-48-79(103-83)89(61-26-11-3-12-27-61)75-44-40-71(99-75)87(59-22-7-1-8-23-59)72-41-45-76(100-72)90(62-28-13-4-14-29-62)80-49-53-84(93)104-80)67-36-19-37-68(56-67)96(108)98-70-39-21-35-66(58-70)94-85-54-50-81(105-85)91(63-30-15-5-16-31-63)77-46-42-73(101-77)88(60-24-9-2-10-25-60)74-43-47-78(102-74)92(64-32-17-6-18-33-64)82-51-55-86(94)106-82/h1-58,99,101,104,106H,(H,97,107)(H,98,108). The molecule has 12 heteroatoms. The Bertz CT molecular complexity index is 6150. The summed E-state index contributed by atoms with van der Waals surface area (Å²) >= 11 is 0. The third-order valence-electron chi connectivity index (χ3n) is 20.1. The van der Waals surface area contributed by atoms with Crippen LogP contribution in [0.3, 0.4) is 0 Å². The molecule has 0 spiro atoms. The van der Waals surface area contributed by atoms with E-state index in [4.69, 9.17) is 19.9 Å². The van der Waals surface area contributed by atoms with Crippen molar-refractivity contribution < 1.29 is 9.59 Å². The molecule has 10 heterocycles. The van der Waals surface area contributed by atoms with Gasteiger partial charge in [-0.05, 0) is 184 Å². The lowest BCUT2D eigenvalue weighted by molar-refractivity contribution is 0.102. The quantitative estimate of drug-likeness (QED) is 0.0710. The van der Waals surface area contributed by atoms with Gasteiger partial charge in [0.25, 0.3) is 11.8 Å². The third-order valence-corrected chi connectivity index (χ3v) is 20.1. The molecule has 4 aliphatic rings. The fourth-order valence-corrected chi connectivity index (χ4v) is 15.2. The van der Waals surface area contributed by atoms with Crippen molar-refractivity contribution >= 4 is 116 Å². The van der Waals surface area contributed by atoms with E-state index in [1.165, 1.54) is 0 Å². The zero-order chi connectivity index (χ0) is 72.0. The largest absolute Gasteiger partial charge is 0.354 e. The van der Waals surface area contributed by atoms with Crippen LogP contribution in [-0.4, -0.2) is 51.7 Å². The van der Waals surface area contributed by atoms with Gasteiger partial charge in [0, 0.05) is 111 Å². The summed E-state index contributed by atoms with van der Waals surface area (Å²) in [5.74, 6) is -0.784. The number of carbonyl (C=O) groups is 2. The van der Waals surface area contributed by atoms with Crippen LogP contribution in [0.5, 0.6) is 0 Å². The van der Waals surface area contributed by atoms with Crippen LogP contribution in [0.4, 0.5) is 11.4 Å². The van der Waals surface area contributed by atoms with Crippen molar-refractivity contribution in [2.45, 2.75) is 0 Å². The van der Waals surface area contributed by atoms with Crippen molar-refractivity contribution in [1.82, 2.24) is 39.9 Å². The zero-order valence-electron chi connectivity index (χ0n) is 58.1. The van der Waals surface area contributed by atoms with Gasteiger partial charge in [0.2, 0.25) is 0 Å². The molecule has 0 atom stereocenters. The van der Waals surface area contributed by atoms with E-state index in [1.54, 1.807) is 24.3 Å². The maximum atomic E-state index is 14.7. The number of aromatic nitrogens is 8. The minimum absolute atomic E-state index is 0.299. The second kappa shape index (κ2) is 27.4. The lowest BCUT2D eigenvalue weighted by Gasteiger charge is -2.11. The van der Waals surface area contributed by atoms with E-state index < -0.39 is 11.8 Å². The molecule has 0 radical (unpaired) electrons. The van der Waals surface area contributed by atoms with E-state index in [0.717, 1.165) is 179 Å². The second-order valence-electron chi connectivity index (χ2n) is 26.9. The maximum absolute atomic E-state index is 14.7. The summed E-state index contributed by atoms with van der Waals surface area (Å²) in [4.78, 5) is 66.7. The average Bonchev–Trinajstić information content (AvgIpc) is 1.61. The Morgan fingerprint density at radius 1 is 0.204 bits per heavy atom. The highest BCUT2D eigenvalue weighted by atomic mass is 16.2. The van der Waals surface area contributed by atoms with Crippen molar-refractivity contribution in [2.24, 2.45) is 0 Å². The molecule has 108 heavy (non-hydrogen) atoms. The fraction of sp³-hybridized carbons (Fsp3) is 0. The van der Waals surface area contributed by atoms with Crippen molar-refractivity contribution in [1.29, 1.82) is 0 Å². The van der Waals surface area contributed by atoms with E-state index in [1.807, 2.05) is 133 Å². The van der Waals surface area contributed by atoms with Gasteiger partial charge in [-0.2, -0.15) is 0 Å². The number of anilines is 2. The molecular formula is C96H64N10O2. The van der Waals surface area contributed by atoms with Crippen LogP contribution in [0.2, 0.25) is 0 Å². The molecule has 6 aromatic heterocycles. The van der Waals surface area contributed by atoms with E-state index in [9.17, 15) is 9.59 Å². The van der Waals surface area contributed by atoms with Gasteiger partial charge < -0.3 is 30.6 Å².